The van der Waals surface area contributed by atoms with Crippen molar-refractivity contribution in [3.63, 3.8) is 0 Å². The standard InChI is InChI=1S/C16H29NO4/c1-3-5-8-21-9-6-7-17-15(18)13-10-12(4-2)11-14(13)16(19)20/h12-14H,3-11H2,1-2H3,(H,17,18)(H,19,20). The predicted octanol–water partition coefficient (Wildman–Crippen LogP) is 2.45. The third-order valence-electron chi connectivity index (χ3n) is 4.30. The van der Waals surface area contributed by atoms with E-state index in [2.05, 4.69) is 19.2 Å². The highest BCUT2D eigenvalue weighted by Crippen LogP contribution is 2.38. The minimum Gasteiger partial charge on any atom is -0.481 e. The third kappa shape index (κ3) is 6.04. The SMILES string of the molecule is CCCCOCCCNC(=O)C1CC(CC)CC1C(=O)O. The molecule has 0 saturated heterocycles. The third-order valence-corrected chi connectivity index (χ3v) is 4.30. The number of amides is 1. The number of rotatable bonds is 10. The second-order valence-electron chi connectivity index (χ2n) is 5.91. The molecule has 0 aromatic heterocycles. The maximum absolute atomic E-state index is 12.1. The fraction of sp³-hybridized carbons (Fsp3) is 0.875. The second kappa shape index (κ2) is 9.77. The molecule has 0 heterocycles. The lowest BCUT2D eigenvalue weighted by atomic mass is 9.95. The van der Waals surface area contributed by atoms with Gasteiger partial charge in [0.25, 0.3) is 0 Å². The van der Waals surface area contributed by atoms with Gasteiger partial charge in [0.15, 0.2) is 0 Å². The highest BCUT2D eigenvalue weighted by Gasteiger charge is 2.41. The first-order valence-electron chi connectivity index (χ1n) is 8.18. The topological polar surface area (TPSA) is 75.6 Å². The van der Waals surface area contributed by atoms with Gasteiger partial charge in [-0.3, -0.25) is 9.59 Å². The van der Waals surface area contributed by atoms with Crippen LogP contribution in [0, 0.1) is 17.8 Å². The van der Waals surface area contributed by atoms with Crippen LogP contribution in [-0.2, 0) is 14.3 Å². The van der Waals surface area contributed by atoms with E-state index in [-0.39, 0.29) is 11.8 Å². The molecule has 5 heteroatoms. The lowest BCUT2D eigenvalue weighted by molar-refractivity contribution is -0.146. The molecule has 3 atom stereocenters. The Morgan fingerprint density at radius 2 is 1.81 bits per heavy atom. The van der Waals surface area contributed by atoms with Gasteiger partial charge in [0.1, 0.15) is 0 Å². The van der Waals surface area contributed by atoms with Crippen molar-refractivity contribution in [2.75, 3.05) is 19.8 Å². The van der Waals surface area contributed by atoms with E-state index in [0.717, 1.165) is 32.3 Å². The molecule has 21 heavy (non-hydrogen) atoms. The first-order valence-corrected chi connectivity index (χ1v) is 8.18. The van der Waals surface area contributed by atoms with Crippen LogP contribution in [0.1, 0.15) is 52.4 Å². The summed E-state index contributed by atoms with van der Waals surface area (Å²) in [6.45, 7) is 6.15. The van der Waals surface area contributed by atoms with Crippen LogP contribution in [0.15, 0.2) is 0 Å². The summed E-state index contributed by atoms with van der Waals surface area (Å²) in [6.07, 6.45) is 5.23. The minimum atomic E-state index is -0.839. The number of hydrogen-bond acceptors (Lipinski definition) is 3. The molecule has 1 aliphatic rings. The van der Waals surface area contributed by atoms with Crippen LogP contribution in [0.25, 0.3) is 0 Å². The van der Waals surface area contributed by atoms with Crippen molar-refractivity contribution in [1.82, 2.24) is 5.32 Å². The van der Waals surface area contributed by atoms with E-state index in [1.54, 1.807) is 0 Å². The van der Waals surface area contributed by atoms with Gasteiger partial charge in [0.2, 0.25) is 5.91 Å². The molecule has 1 rings (SSSR count). The largest absolute Gasteiger partial charge is 0.481 e. The summed E-state index contributed by atoms with van der Waals surface area (Å²) < 4.78 is 5.43. The van der Waals surface area contributed by atoms with Crippen LogP contribution in [0.3, 0.4) is 0 Å². The molecule has 0 aliphatic heterocycles. The van der Waals surface area contributed by atoms with Crippen LogP contribution >= 0.6 is 0 Å². The Kier molecular flexibility index (Phi) is 8.35. The molecule has 0 spiro atoms. The van der Waals surface area contributed by atoms with Gasteiger partial charge < -0.3 is 15.2 Å². The number of carbonyl (C=O) groups excluding carboxylic acids is 1. The number of carboxylic acids is 1. The van der Waals surface area contributed by atoms with Crippen molar-refractivity contribution >= 4 is 11.9 Å². The van der Waals surface area contributed by atoms with Crippen LogP contribution in [0.4, 0.5) is 0 Å². The van der Waals surface area contributed by atoms with E-state index in [4.69, 9.17) is 4.74 Å². The highest BCUT2D eigenvalue weighted by molar-refractivity contribution is 5.85. The zero-order valence-corrected chi connectivity index (χ0v) is 13.3. The van der Waals surface area contributed by atoms with Gasteiger partial charge in [-0.15, -0.1) is 0 Å². The van der Waals surface area contributed by atoms with Crippen LogP contribution in [0.5, 0.6) is 0 Å². The molecule has 1 aliphatic carbocycles. The molecule has 1 fully saturated rings. The van der Waals surface area contributed by atoms with Gasteiger partial charge in [-0.05, 0) is 31.6 Å². The van der Waals surface area contributed by atoms with Crippen LogP contribution in [-0.4, -0.2) is 36.7 Å². The predicted molar refractivity (Wildman–Crippen MR) is 81.0 cm³/mol. The Hall–Kier alpha value is -1.10. The molecule has 0 bridgehead atoms. The van der Waals surface area contributed by atoms with Crippen molar-refractivity contribution in [2.24, 2.45) is 17.8 Å². The summed E-state index contributed by atoms with van der Waals surface area (Å²) in [4.78, 5) is 23.4. The molecule has 3 unspecified atom stereocenters. The average molecular weight is 299 g/mol. The molecule has 5 nitrogen and oxygen atoms in total. The lowest BCUT2D eigenvalue weighted by Gasteiger charge is -2.15. The summed E-state index contributed by atoms with van der Waals surface area (Å²) in [6, 6.07) is 0. The molecule has 1 saturated carbocycles. The number of ether oxygens (including phenoxy) is 1. The zero-order valence-electron chi connectivity index (χ0n) is 13.3. The normalized spacial score (nSPS) is 25.0. The van der Waals surface area contributed by atoms with Crippen LogP contribution < -0.4 is 5.32 Å². The zero-order chi connectivity index (χ0) is 15.7. The molecule has 0 aromatic carbocycles. The van der Waals surface area contributed by atoms with Crippen molar-refractivity contribution in [2.45, 2.75) is 52.4 Å². The Labute approximate surface area is 127 Å². The summed E-state index contributed by atoms with van der Waals surface area (Å²) in [5.74, 6) is -1.47. The number of carboxylic acid groups (broad SMARTS) is 1. The fourth-order valence-corrected chi connectivity index (χ4v) is 2.90. The maximum Gasteiger partial charge on any atom is 0.307 e. The smallest absolute Gasteiger partial charge is 0.307 e. The maximum atomic E-state index is 12.1. The van der Waals surface area contributed by atoms with Crippen LogP contribution in [0.2, 0.25) is 0 Å². The van der Waals surface area contributed by atoms with E-state index in [1.807, 2.05) is 0 Å². The Morgan fingerprint density at radius 3 is 2.43 bits per heavy atom. The summed E-state index contributed by atoms with van der Waals surface area (Å²) in [5.41, 5.74) is 0. The fourth-order valence-electron chi connectivity index (χ4n) is 2.90. The summed E-state index contributed by atoms with van der Waals surface area (Å²) in [7, 11) is 0. The monoisotopic (exact) mass is 299 g/mol. The van der Waals surface area contributed by atoms with E-state index < -0.39 is 11.9 Å². The van der Waals surface area contributed by atoms with E-state index in [0.29, 0.717) is 31.9 Å². The first-order chi connectivity index (χ1) is 10.1. The first kappa shape index (κ1) is 18.0. The van der Waals surface area contributed by atoms with Gasteiger partial charge >= 0.3 is 5.97 Å². The molecular weight excluding hydrogens is 270 g/mol. The van der Waals surface area contributed by atoms with E-state index in [9.17, 15) is 14.7 Å². The van der Waals surface area contributed by atoms with Crippen molar-refractivity contribution in [3.05, 3.63) is 0 Å². The Bertz CT molecular complexity index is 332. The Morgan fingerprint density at radius 1 is 1.14 bits per heavy atom. The number of hydrogen-bond donors (Lipinski definition) is 2. The molecule has 2 N–H and O–H groups in total. The van der Waals surface area contributed by atoms with Gasteiger partial charge in [-0.2, -0.15) is 0 Å². The Balaban J connectivity index is 2.25. The molecule has 0 radical (unpaired) electrons. The molecular formula is C16H29NO4. The van der Waals surface area contributed by atoms with Gasteiger partial charge in [-0.1, -0.05) is 26.7 Å². The van der Waals surface area contributed by atoms with Gasteiger partial charge in [-0.25, -0.2) is 0 Å². The van der Waals surface area contributed by atoms with E-state index in [1.165, 1.54) is 0 Å². The highest BCUT2D eigenvalue weighted by atomic mass is 16.5. The van der Waals surface area contributed by atoms with Gasteiger partial charge in [0, 0.05) is 19.8 Å². The summed E-state index contributed by atoms with van der Waals surface area (Å²) >= 11 is 0. The molecule has 0 aromatic rings. The summed E-state index contributed by atoms with van der Waals surface area (Å²) in [5, 5.41) is 12.1. The molecule has 122 valence electrons. The number of nitrogens with one attached hydrogen (secondary N) is 1. The number of carbonyl (C=O) groups is 2. The lowest BCUT2D eigenvalue weighted by Crippen LogP contribution is -2.36. The second-order valence-corrected chi connectivity index (χ2v) is 5.91. The quantitative estimate of drug-likeness (QED) is 0.608. The van der Waals surface area contributed by atoms with Crippen molar-refractivity contribution < 1.29 is 19.4 Å². The van der Waals surface area contributed by atoms with Gasteiger partial charge in [0.05, 0.1) is 11.8 Å². The number of aliphatic carboxylic acids is 1. The average Bonchev–Trinajstić information content (AvgIpc) is 2.90. The van der Waals surface area contributed by atoms with E-state index >= 15 is 0 Å². The number of unbranched alkanes of at least 4 members (excludes halogenated alkanes) is 1. The minimum absolute atomic E-state index is 0.105. The molecule has 1 amide bonds. The van der Waals surface area contributed by atoms with Crippen molar-refractivity contribution in [1.29, 1.82) is 0 Å². The van der Waals surface area contributed by atoms with Crippen molar-refractivity contribution in [3.8, 4) is 0 Å².